The van der Waals surface area contributed by atoms with Crippen LogP contribution in [0.4, 0.5) is 0 Å². The number of hydrogen-bond donors (Lipinski definition) is 0. The minimum absolute atomic E-state index is 0.813. The fourth-order valence-corrected chi connectivity index (χ4v) is 1.54. The molecule has 0 saturated heterocycles. The molecule has 0 aliphatic rings. The summed E-state index contributed by atoms with van der Waals surface area (Å²) in [6, 6.07) is 1.94. The predicted molar refractivity (Wildman–Crippen MR) is 60.9 cm³/mol. The maximum absolute atomic E-state index is 4.40. The highest BCUT2D eigenvalue weighted by atomic mass is 14.9. The van der Waals surface area contributed by atoms with Crippen LogP contribution in [0.1, 0.15) is 22.9 Å². The van der Waals surface area contributed by atoms with Crippen molar-refractivity contribution in [1.29, 1.82) is 0 Å². The Morgan fingerprint density at radius 2 is 1.81 bits per heavy atom. The maximum Gasteiger partial charge on any atom is 0.125 e. The van der Waals surface area contributed by atoms with E-state index in [1.54, 1.807) is 18.6 Å². The van der Waals surface area contributed by atoms with E-state index in [-0.39, 0.29) is 0 Å². The summed E-state index contributed by atoms with van der Waals surface area (Å²) in [5, 5.41) is 0. The van der Waals surface area contributed by atoms with Crippen LogP contribution in [0.2, 0.25) is 0 Å². The molecular weight excluding hydrogens is 200 g/mol. The normalized spacial score (nSPS) is 10.4. The summed E-state index contributed by atoms with van der Waals surface area (Å²) in [6.07, 6.45) is 7.10. The summed E-state index contributed by atoms with van der Waals surface area (Å²) < 4.78 is 0. The van der Waals surface area contributed by atoms with Gasteiger partial charge in [-0.25, -0.2) is 9.97 Å². The Morgan fingerprint density at radius 1 is 1.00 bits per heavy atom. The number of aryl methyl sites for hydroxylation is 4. The summed E-state index contributed by atoms with van der Waals surface area (Å²) in [5.41, 5.74) is 3.02. The van der Waals surface area contributed by atoms with Crippen molar-refractivity contribution in [3.8, 4) is 0 Å². The molecule has 0 bridgehead atoms. The van der Waals surface area contributed by atoms with Crippen LogP contribution in [0, 0.1) is 13.8 Å². The topological polar surface area (TPSA) is 51.6 Å². The van der Waals surface area contributed by atoms with E-state index in [1.165, 1.54) is 0 Å². The van der Waals surface area contributed by atoms with Crippen LogP contribution in [-0.4, -0.2) is 19.9 Å². The zero-order valence-electron chi connectivity index (χ0n) is 9.51. The summed E-state index contributed by atoms with van der Waals surface area (Å²) in [4.78, 5) is 16.9. The fourth-order valence-electron chi connectivity index (χ4n) is 1.54. The Morgan fingerprint density at radius 3 is 2.56 bits per heavy atom. The molecule has 16 heavy (non-hydrogen) atoms. The average Bonchev–Trinajstić information content (AvgIpc) is 2.27. The molecule has 2 aromatic heterocycles. The first-order valence-electron chi connectivity index (χ1n) is 5.30. The molecule has 0 amide bonds. The lowest BCUT2D eigenvalue weighted by Crippen LogP contribution is -2.00. The highest BCUT2D eigenvalue weighted by Crippen LogP contribution is 2.02. The molecule has 0 spiro atoms. The third-order valence-corrected chi connectivity index (χ3v) is 2.28. The van der Waals surface area contributed by atoms with Gasteiger partial charge in [-0.05, 0) is 32.8 Å². The molecule has 0 radical (unpaired) electrons. The zero-order chi connectivity index (χ0) is 11.4. The van der Waals surface area contributed by atoms with Crippen molar-refractivity contribution in [3.05, 3.63) is 47.6 Å². The van der Waals surface area contributed by atoms with Crippen molar-refractivity contribution >= 4 is 0 Å². The molecule has 0 aromatic carbocycles. The molecule has 2 heterocycles. The lowest BCUT2D eigenvalue weighted by atomic mass is 10.2. The Hall–Kier alpha value is -1.84. The van der Waals surface area contributed by atoms with E-state index in [0.29, 0.717) is 0 Å². The second kappa shape index (κ2) is 4.79. The third kappa shape index (κ3) is 2.82. The van der Waals surface area contributed by atoms with Gasteiger partial charge in [-0.3, -0.25) is 9.97 Å². The Bertz CT molecular complexity index is 436. The summed E-state index contributed by atoms with van der Waals surface area (Å²) in [6.45, 7) is 3.85. The first-order chi connectivity index (χ1) is 7.74. The molecule has 2 rings (SSSR count). The van der Waals surface area contributed by atoms with E-state index in [4.69, 9.17) is 0 Å². The van der Waals surface area contributed by atoms with Crippen LogP contribution in [0.25, 0.3) is 0 Å². The van der Waals surface area contributed by atoms with E-state index in [9.17, 15) is 0 Å². The standard InChI is InChI=1S/C12H14N4/c1-9-7-13-8-12(15-9)4-3-11-5-6-14-10(2)16-11/h5-8H,3-4H2,1-2H3. The summed E-state index contributed by atoms with van der Waals surface area (Å²) in [7, 11) is 0. The number of hydrogen-bond acceptors (Lipinski definition) is 4. The Labute approximate surface area is 94.8 Å². The van der Waals surface area contributed by atoms with Crippen molar-refractivity contribution in [1.82, 2.24) is 19.9 Å². The highest BCUT2D eigenvalue weighted by molar-refractivity contribution is 5.07. The van der Waals surface area contributed by atoms with Gasteiger partial charge in [0.2, 0.25) is 0 Å². The molecule has 4 nitrogen and oxygen atoms in total. The van der Waals surface area contributed by atoms with Crippen molar-refractivity contribution in [2.45, 2.75) is 26.7 Å². The third-order valence-electron chi connectivity index (χ3n) is 2.28. The van der Waals surface area contributed by atoms with Crippen molar-refractivity contribution in [2.24, 2.45) is 0 Å². The maximum atomic E-state index is 4.40. The Kier molecular flexibility index (Phi) is 3.19. The monoisotopic (exact) mass is 214 g/mol. The molecule has 0 unspecified atom stereocenters. The van der Waals surface area contributed by atoms with Gasteiger partial charge < -0.3 is 0 Å². The molecule has 0 N–H and O–H groups in total. The Balaban J connectivity index is 2.02. The SMILES string of the molecule is Cc1cncc(CCc2ccnc(C)n2)n1. The first kappa shape index (κ1) is 10.7. The smallest absolute Gasteiger partial charge is 0.125 e. The van der Waals surface area contributed by atoms with Crippen LogP contribution in [0.5, 0.6) is 0 Å². The van der Waals surface area contributed by atoms with Crippen molar-refractivity contribution < 1.29 is 0 Å². The van der Waals surface area contributed by atoms with Gasteiger partial charge in [-0.15, -0.1) is 0 Å². The van der Waals surface area contributed by atoms with E-state index >= 15 is 0 Å². The van der Waals surface area contributed by atoms with E-state index in [2.05, 4.69) is 19.9 Å². The molecule has 0 aliphatic heterocycles. The zero-order valence-corrected chi connectivity index (χ0v) is 9.51. The molecule has 82 valence electrons. The molecule has 0 saturated carbocycles. The molecule has 0 fully saturated rings. The number of nitrogens with zero attached hydrogens (tertiary/aromatic N) is 4. The van der Waals surface area contributed by atoms with Gasteiger partial charge in [0.15, 0.2) is 0 Å². The van der Waals surface area contributed by atoms with Gasteiger partial charge in [0.05, 0.1) is 11.4 Å². The quantitative estimate of drug-likeness (QED) is 0.779. The lowest BCUT2D eigenvalue weighted by molar-refractivity contribution is 0.842. The molecule has 4 heteroatoms. The van der Waals surface area contributed by atoms with Gasteiger partial charge in [-0.1, -0.05) is 0 Å². The van der Waals surface area contributed by atoms with Gasteiger partial charge in [0.25, 0.3) is 0 Å². The van der Waals surface area contributed by atoms with E-state index in [0.717, 1.165) is 35.7 Å². The van der Waals surface area contributed by atoms with Crippen molar-refractivity contribution in [3.63, 3.8) is 0 Å². The molecule has 0 aliphatic carbocycles. The predicted octanol–water partition coefficient (Wildman–Crippen LogP) is 1.67. The highest BCUT2D eigenvalue weighted by Gasteiger charge is 1.99. The minimum atomic E-state index is 0.813. The summed E-state index contributed by atoms with van der Waals surface area (Å²) >= 11 is 0. The molecule has 2 aromatic rings. The molecular formula is C12H14N4. The van der Waals surface area contributed by atoms with E-state index < -0.39 is 0 Å². The van der Waals surface area contributed by atoms with Crippen LogP contribution < -0.4 is 0 Å². The largest absolute Gasteiger partial charge is 0.261 e. The van der Waals surface area contributed by atoms with Crippen LogP contribution in [0.15, 0.2) is 24.7 Å². The average molecular weight is 214 g/mol. The number of aromatic nitrogens is 4. The van der Waals surface area contributed by atoms with Crippen molar-refractivity contribution in [2.75, 3.05) is 0 Å². The van der Waals surface area contributed by atoms with Crippen LogP contribution in [0.3, 0.4) is 0 Å². The number of rotatable bonds is 3. The van der Waals surface area contributed by atoms with Crippen LogP contribution in [-0.2, 0) is 12.8 Å². The van der Waals surface area contributed by atoms with Gasteiger partial charge in [0, 0.05) is 24.3 Å². The van der Waals surface area contributed by atoms with Gasteiger partial charge in [-0.2, -0.15) is 0 Å². The lowest BCUT2D eigenvalue weighted by Gasteiger charge is -2.01. The summed E-state index contributed by atoms with van der Waals surface area (Å²) in [5.74, 6) is 0.813. The minimum Gasteiger partial charge on any atom is -0.261 e. The molecule has 0 atom stereocenters. The second-order valence-electron chi connectivity index (χ2n) is 3.75. The fraction of sp³-hybridized carbons (Fsp3) is 0.333. The van der Waals surface area contributed by atoms with Crippen LogP contribution >= 0.6 is 0 Å². The second-order valence-corrected chi connectivity index (χ2v) is 3.75. The van der Waals surface area contributed by atoms with Gasteiger partial charge >= 0.3 is 0 Å². The van der Waals surface area contributed by atoms with E-state index in [1.807, 2.05) is 19.9 Å². The first-order valence-corrected chi connectivity index (χ1v) is 5.30. The van der Waals surface area contributed by atoms with Gasteiger partial charge in [0.1, 0.15) is 5.82 Å².